The monoisotopic (exact) mass is 547 g/mol. The number of ether oxygens (including phenoxy) is 2. The van der Waals surface area contributed by atoms with E-state index in [4.69, 9.17) is 21.1 Å². The van der Waals surface area contributed by atoms with E-state index in [2.05, 4.69) is 20.8 Å². The summed E-state index contributed by atoms with van der Waals surface area (Å²) >= 11 is 6.46. The summed E-state index contributed by atoms with van der Waals surface area (Å²) in [4.78, 5) is 28.5. The van der Waals surface area contributed by atoms with Crippen molar-refractivity contribution in [2.45, 2.75) is 59.1 Å². The van der Waals surface area contributed by atoms with Gasteiger partial charge < -0.3 is 14.6 Å². The number of nitrogens with zero attached hydrogens (tertiary/aromatic N) is 1. The summed E-state index contributed by atoms with van der Waals surface area (Å²) < 4.78 is 11.3. The van der Waals surface area contributed by atoms with Gasteiger partial charge in [-0.3, -0.25) is 14.5 Å². The van der Waals surface area contributed by atoms with E-state index in [-0.39, 0.29) is 33.4 Å². The predicted octanol–water partition coefficient (Wildman–Crippen LogP) is 7.45. The molecule has 0 aromatic heterocycles. The van der Waals surface area contributed by atoms with Crippen LogP contribution in [0.3, 0.4) is 0 Å². The maximum atomic E-state index is 13.5. The van der Waals surface area contributed by atoms with Crippen LogP contribution in [0.2, 0.25) is 5.02 Å². The van der Waals surface area contributed by atoms with E-state index in [0.29, 0.717) is 29.4 Å². The van der Waals surface area contributed by atoms with Gasteiger partial charge in [-0.05, 0) is 79.8 Å². The average Bonchev–Trinajstić information content (AvgIpc) is 3.15. The Bertz CT molecular complexity index is 1400. The van der Waals surface area contributed by atoms with E-state index in [1.807, 2.05) is 45.0 Å². The fourth-order valence-electron chi connectivity index (χ4n) is 4.62. The summed E-state index contributed by atoms with van der Waals surface area (Å²) in [6.45, 7) is 12.5. The first-order chi connectivity index (χ1) is 18.4. The minimum Gasteiger partial charge on any atom is -0.507 e. The van der Waals surface area contributed by atoms with Gasteiger partial charge in [-0.2, -0.15) is 0 Å². The van der Waals surface area contributed by atoms with Gasteiger partial charge >= 0.3 is 0 Å². The number of aliphatic hydroxyl groups excluding tert-OH is 1. The molecule has 0 radical (unpaired) electrons. The van der Waals surface area contributed by atoms with Crippen molar-refractivity contribution in [1.82, 2.24) is 0 Å². The molecule has 1 heterocycles. The zero-order valence-corrected chi connectivity index (χ0v) is 23.9. The Balaban J connectivity index is 1.90. The van der Waals surface area contributed by atoms with Crippen molar-refractivity contribution in [3.63, 3.8) is 0 Å². The van der Waals surface area contributed by atoms with Crippen molar-refractivity contribution in [1.29, 1.82) is 0 Å². The summed E-state index contributed by atoms with van der Waals surface area (Å²) in [7, 11) is 0. The molecule has 0 saturated carbocycles. The van der Waals surface area contributed by atoms with Crippen molar-refractivity contribution >= 4 is 34.7 Å². The molecule has 4 rings (SSSR count). The van der Waals surface area contributed by atoms with E-state index >= 15 is 0 Å². The number of carbonyl (C=O) groups excluding carboxylic acids is 2. The highest BCUT2D eigenvalue weighted by Crippen LogP contribution is 2.44. The molecule has 7 heteroatoms. The standard InChI is InChI=1S/C32H34ClNO5/c1-7-38-24-16-17-26(33)25(18-24)29(35)27-28(20-8-10-21(11-9-20)32(4,5)6)34(31(37)30(27)36)22-12-14-23(15-13-22)39-19(2)3/h8-19,28,35H,7H2,1-6H3/b29-27+. The van der Waals surface area contributed by atoms with Crippen LogP contribution in [0, 0.1) is 0 Å². The minimum absolute atomic E-state index is 0.0105. The van der Waals surface area contributed by atoms with Gasteiger partial charge in [0.25, 0.3) is 11.7 Å². The highest BCUT2D eigenvalue weighted by molar-refractivity contribution is 6.52. The molecule has 1 aliphatic rings. The number of hydrogen-bond donors (Lipinski definition) is 1. The zero-order chi connectivity index (χ0) is 28.5. The smallest absolute Gasteiger partial charge is 0.300 e. The largest absolute Gasteiger partial charge is 0.507 e. The molecular weight excluding hydrogens is 514 g/mol. The molecule has 1 aliphatic heterocycles. The predicted molar refractivity (Wildman–Crippen MR) is 155 cm³/mol. The first-order valence-electron chi connectivity index (χ1n) is 13.0. The van der Waals surface area contributed by atoms with Crippen molar-refractivity contribution in [3.8, 4) is 11.5 Å². The van der Waals surface area contributed by atoms with Crippen molar-refractivity contribution < 1.29 is 24.2 Å². The summed E-state index contributed by atoms with van der Waals surface area (Å²) in [5.74, 6) is -0.749. The maximum absolute atomic E-state index is 13.5. The molecule has 1 N–H and O–H groups in total. The highest BCUT2D eigenvalue weighted by Gasteiger charge is 2.47. The van der Waals surface area contributed by atoms with Gasteiger partial charge in [-0.25, -0.2) is 0 Å². The van der Waals surface area contributed by atoms with Gasteiger partial charge in [-0.15, -0.1) is 0 Å². The molecule has 39 heavy (non-hydrogen) atoms. The molecule has 6 nitrogen and oxygen atoms in total. The van der Waals surface area contributed by atoms with Crippen LogP contribution >= 0.6 is 11.6 Å². The van der Waals surface area contributed by atoms with Crippen LogP contribution in [-0.2, 0) is 15.0 Å². The van der Waals surface area contributed by atoms with Crippen LogP contribution in [0.4, 0.5) is 5.69 Å². The summed E-state index contributed by atoms with van der Waals surface area (Å²) in [5, 5.41) is 11.8. The SMILES string of the molecule is CCOc1ccc(Cl)c(/C(O)=C2\C(=O)C(=O)N(c3ccc(OC(C)C)cc3)C2c2ccc(C(C)(C)C)cc2)c1. The number of aliphatic hydroxyl groups is 1. The lowest BCUT2D eigenvalue weighted by Crippen LogP contribution is -2.29. The molecule has 204 valence electrons. The third-order valence-corrected chi connectivity index (χ3v) is 6.86. The van der Waals surface area contributed by atoms with Gasteiger partial charge in [0, 0.05) is 11.3 Å². The molecule has 3 aromatic carbocycles. The van der Waals surface area contributed by atoms with Gasteiger partial charge in [0.1, 0.15) is 17.3 Å². The third-order valence-electron chi connectivity index (χ3n) is 6.53. The quantitative estimate of drug-likeness (QED) is 0.189. The lowest BCUT2D eigenvalue weighted by Gasteiger charge is -2.27. The number of Topliss-reactive ketones (excluding diaryl/α,β-unsaturated/α-hetero) is 1. The number of rotatable bonds is 7. The number of benzene rings is 3. The number of carbonyl (C=O) groups is 2. The Morgan fingerprint density at radius 1 is 0.974 bits per heavy atom. The first-order valence-corrected chi connectivity index (χ1v) is 13.4. The molecule has 1 amide bonds. The fraction of sp³-hybridized carbons (Fsp3) is 0.312. The summed E-state index contributed by atoms with van der Waals surface area (Å²) in [6.07, 6.45) is -0.0105. The van der Waals surface area contributed by atoms with Gasteiger partial charge in [-0.1, -0.05) is 56.6 Å². The average molecular weight is 548 g/mol. The van der Waals surface area contributed by atoms with E-state index < -0.39 is 17.7 Å². The molecule has 0 bridgehead atoms. The van der Waals surface area contributed by atoms with E-state index in [1.54, 1.807) is 42.5 Å². The molecule has 1 unspecified atom stereocenters. The van der Waals surface area contributed by atoms with Crippen LogP contribution in [0.1, 0.15) is 64.3 Å². The minimum atomic E-state index is -0.872. The van der Waals surface area contributed by atoms with E-state index in [0.717, 1.165) is 5.56 Å². The van der Waals surface area contributed by atoms with Crippen LogP contribution in [0.15, 0.2) is 72.3 Å². The van der Waals surface area contributed by atoms with E-state index in [1.165, 1.54) is 4.90 Å². The normalized spacial score (nSPS) is 17.1. The molecule has 0 spiro atoms. The van der Waals surface area contributed by atoms with Crippen LogP contribution in [0.25, 0.3) is 5.76 Å². The highest BCUT2D eigenvalue weighted by atomic mass is 35.5. The molecule has 3 aromatic rings. The van der Waals surface area contributed by atoms with Gasteiger partial charge in [0.2, 0.25) is 0 Å². The van der Waals surface area contributed by atoms with Crippen molar-refractivity contribution in [3.05, 3.63) is 94.0 Å². The lowest BCUT2D eigenvalue weighted by molar-refractivity contribution is -0.132. The first kappa shape index (κ1) is 28.2. The number of hydrogen-bond acceptors (Lipinski definition) is 5. The Kier molecular flexibility index (Phi) is 8.07. The summed E-state index contributed by atoms with van der Waals surface area (Å²) in [6, 6.07) is 18.7. The number of amides is 1. The van der Waals surface area contributed by atoms with Crippen LogP contribution in [0.5, 0.6) is 11.5 Å². The second-order valence-corrected chi connectivity index (χ2v) is 11.2. The van der Waals surface area contributed by atoms with Crippen LogP contribution in [-0.4, -0.2) is 29.5 Å². The Morgan fingerprint density at radius 2 is 1.59 bits per heavy atom. The Morgan fingerprint density at radius 3 is 2.15 bits per heavy atom. The Labute approximate surface area is 234 Å². The number of ketones is 1. The lowest BCUT2D eigenvalue weighted by atomic mass is 9.85. The van der Waals surface area contributed by atoms with Crippen LogP contribution < -0.4 is 14.4 Å². The number of halogens is 1. The van der Waals surface area contributed by atoms with Gasteiger partial charge in [0.15, 0.2) is 0 Å². The second kappa shape index (κ2) is 11.1. The molecule has 1 atom stereocenters. The zero-order valence-electron chi connectivity index (χ0n) is 23.1. The Hall–Kier alpha value is -3.77. The fourth-order valence-corrected chi connectivity index (χ4v) is 4.83. The van der Waals surface area contributed by atoms with Crippen molar-refractivity contribution in [2.75, 3.05) is 11.5 Å². The van der Waals surface area contributed by atoms with E-state index in [9.17, 15) is 14.7 Å². The molecule has 1 fully saturated rings. The van der Waals surface area contributed by atoms with Crippen molar-refractivity contribution in [2.24, 2.45) is 0 Å². The molecular formula is C32H34ClNO5. The summed E-state index contributed by atoms with van der Waals surface area (Å²) in [5.41, 5.74) is 2.39. The topological polar surface area (TPSA) is 76.1 Å². The second-order valence-electron chi connectivity index (χ2n) is 10.8. The third kappa shape index (κ3) is 5.81. The number of anilines is 1. The maximum Gasteiger partial charge on any atom is 0.300 e. The molecule has 0 aliphatic carbocycles. The van der Waals surface area contributed by atoms with Gasteiger partial charge in [0.05, 0.1) is 29.3 Å². The molecule has 1 saturated heterocycles.